The molecule has 0 heterocycles. The van der Waals surface area contributed by atoms with E-state index in [2.05, 4.69) is 20.4 Å². The number of nitrogens with one attached hydrogen (secondary N) is 2. The fourth-order valence-corrected chi connectivity index (χ4v) is 2.23. The van der Waals surface area contributed by atoms with Gasteiger partial charge in [-0.25, -0.2) is 0 Å². The van der Waals surface area contributed by atoms with E-state index in [9.17, 15) is 18.3 Å². The molecule has 5 nitrogen and oxygen atoms in total. The molecule has 156 valence electrons. The first-order chi connectivity index (χ1) is 12.0. The molecule has 0 radical (unpaired) electrons. The number of hydrogen-bond acceptors (Lipinski definition) is 3. The molecule has 0 aromatic heterocycles. The molecule has 9 heteroatoms. The Kier molecular flexibility index (Phi) is 11.0. The van der Waals surface area contributed by atoms with Crippen LogP contribution in [0.4, 0.5) is 13.2 Å². The maximum Gasteiger partial charge on any atom is 0.573 e. The number of aliphatic hydroxyl groups is 1. The molecule has 1 aromatic carbocycles. The Morgan fingerprint density at radius 3 is 2.22 bits per heavy atom. The van der Waals surface area contributed by atoms with Gasteiger partial charge in [0.15, 0.2) is 5.96 Å². The summed E-state index contributed by atoms with van der Waals surface area (Å²) < 4.78 is 40.4. The van der Waals surface area contributed by atoms with Crippen molar-refractivity contribution in [1.29, 1.82) is 0 Å². The summed E-state index contributed by atoms with van der Waals surface area (Å²) in [5.41, 5.74) is 0.659. The van der Waals surface area contributed by atoms with Crippen LogP contribution in [0.5, 0.6) is 5.75 Å². The third kappa shape index (κ3) is 12.0. The smallest absolute Gasteiger partial charge is 0.406 e. The largest absolute Gasteiger partial charge is 0.573 e. The van der Waals surface area contributed by atoms with Crippen molar-refractivity contribution < 1.29 is 23.0 Å². The molecule has 0 spiro atoms. The maximum atomic E-state index is 12.2. The second kappa shape index (κ2) is 11.6. The molecule has 0 fully saturated rings. The van der Waals surface area contributed by atoms with Gasteiger partial charge in [0.05, 0.1) is 0 Å². The van der Waals surface area contributed by atoms with Gasteiger partial charge < -0.3 is 20.5 Å². The van der Waals surface area contributed by atoms with E-state index >= 15 is 0 Å². The summed E-state index contributed by atoms with van der Waals surface area (Å²) in [5, 5.41) is 16.0. The SMILES string of the molecule is CCNC(=NCC(CO)Cc1ccc(OC(F)(F)F)cc1)NC(C)(C)C.I. The van der Waals surface area contributed by atoms with Crippen molar-refractivity contribution >= 4 is 29.9 Å². The van der Waals surface area contributed by atoms with E-state index in [4.69, 9.17) is 0 Å². The summed E-state index contributed by atoms with van der Waals surface area (Å²) in [6.45, 7) is 9.07. The van der Waals surface area contributed by atoms with Crippen LogP contribution in [-0.4, -0.2) is 42.7 Å². The van der Waals surface area contributed by atoms with E-state index < -0.39 is 6.36 Å². The lowest BCUT2D eigenvalue weighted by Crippen LogP contribution is -2.47. The lowest BCUT2D eigenvalue weighted by atomic mass is 10.00. The minimum atomic E-state index is -4.70. The fourth-order valence-electron chi connectivity index (χ4n) is 2.23. The standard InChI is InChI=1S/C18H28F3N3O2.HI/c1-5-22-16(24-17(2,3)4)23-11-14(12-25)10-13-6-8-15(9-7-13)26-18(19,20)21;/h6-9,14,25H,5,10-12H2,1-4H3,(H2,22,23,24);1H. The molecule has 0 aliphatic carbocycles. The van der Waals surface area contributed by atoms with Gasteiger partial charge in [0.1, 0.15) is 5.75 Å². The van der Waals surface area contributed by atoms with Gasteiger partial charge in [-0.1, -0.05) is 12.1 Å². The minimum absolute atomic E-state index is 0. The Bertz CT molecular complexity index is 573. The zero-order valence-electron chi connectivity index (χ0n) is 16.1. The summed E-state index contributed by atoms with van der Waals surface area (Å²) in [7, 11) is 0. The lowest BCUT2D eigenvalue weighted by molar-refractivity contribution is -0.274. The lowest BCUT2D eigenvalue weighted by Gasteiger charge is -2.24. The van der Waals surface area contributed by atoms with E-state index in [1.54, 1.807) is 12.1 Å². The number of benzene rings is 1. The highest BCUT2D eigenvalue weighted by molar-refractivity contribution is 14.0. The summed E-state index contributed by atoms with van der Waals surface area (Å²) in [6, 6.07) is 5.66. The van der Waals surface area contributed by atoms with Crippen LogP contribution in [0.2, 0.25) is 0 Å². The average Bonchev–Trinajstić information content (AvgIpc) is 2.50. The number of aliphatic imine (C=N–C) groups is 1. The first kappa shape index (κ1) is 25.8. The van der Waals surface area contributed by atoms with Gasteiger partial charge in [-0.15, -0.1) is 37.1 Å². The van der Waals surface area contributed by atoms with Crippen LogP contribution in [0.25, 0.3) is 0 Å². The van der Waals surface area contributed by atoms with Crippen LogP contribution in [0.3, 0.4) is 0 Å². The van der Waals surface area contributed by atoms with Gasteiger partial charge in [0.25, 0.3) is 0 Å². The Hall–Kier alpha value is -1.23. The Labute approximate surface area is 175 Å². The number of aliphatic hydroxyl groups excluding tert-OH is 1. The second-order valence-corrected chi connectivity index (χ2v) is 7.04. The first-order valence-electron chi connectivity index (χ1n) is 8.54. The number of rotatable bonds is 7. The zero-order valence-corrected chi connectivity index (χ0v) is 18.4. The monoisotopic (exact) mass is 503 g/mol. The Morgan fingerprint density at radius 1 is 1.19 bits per heavy atom. The highest BCUT2D eigenvalue weighted by Crippen LogP contribution is 2.23. The van der Waals surface area contributed by atoms with Crippen LogP contribution >= 0.6 is 24.0 Å². The van der Waals surface area contributed by atoms with Crippen molar-refractivity contribution in [2.75, 3.05) is 19.7 Å². The van der Waals surface area contributed by atoms with Crippen LogP contribution in [0.1, 0.15) is 33.3 Å². The minimum Gasteiger partial charge on any atom is -0.406 e. The fraction of sp³-hybridized carbons (Fsp3) is 0.611. The molecule has 1 atom stereocenters. The van der Waals surface area contributed by atoms with Gasteiger partial charge in [0, 0.05) is 31.2 Å². The van der Waals surface area contributed by atoms with Crippen LogP contribution < -0.4 is 15.4 Å². The van der Waals surface area contributed by atoms with Gasteiger partial charge in [-0.05, 0) is 51.8 Å². The van der Waals surface area contributed by atoms with Crippen molar-refractivity contribution in [3.63, 3.8) is 0 Å². The van der Waals surface area contributed by atoms with Crippen LogP contribution in [0.15, 0.2) is 29.3 Å². The Morgan fingerprint density at radius 2 is 1.78 bits per heavy atom. The zero-order chi connectivity index (χ0) is 19.8. The van der Waals surface area contributed by atoms with E-state index in [0.29, 0.717) is 25.5 Å². The van der Waals surface area contributed by atoms with Gasteiger partial charge >= 0.3 is 6.36 Å². The molecule has 0 saturated heterocycles. The number of hydrogen-bond donors (Lipinski definition) is 3. The van der Waals surface area contributed by atoms with E-state index in [-0.39, 0.29) is 47.8 Å². The molecule has 3 N–H and O–H groups in total. The summed E-state index contributed by atoms with van der Waals surface area (Å²) in [4.78, 5) is 4.49. The van der Waals surface area contributed by atoms with Crippen molar-refractivity contribution in [2.45, 2.75) is 46.0 Å². The first-order valence-corrected chi connectivity index (χ1v) is 8.54. The molecule has 0 saturated carbocycles. The van der Waals surface area contributed by atoms with Gasteiger partial charge in [-0.3, -0.25) is 4.99 Å². The van der Waals surface area contributed by atoms with Gasteiger partial charge in [0.2, 0.25) is 0 Å². The molecular weight excluding hydrogens is 474 g/mol. The number of alkyl halides is 3. The maximum absolute atomic E-state index is 12.2. The van der Waals surface area contributed by atoms with Crippen molar-refractivity contribution in [1.82, 2.24) is 10.6 Å². The predicted molar refractivity (Wildman–Crippen MR) is 112 cm³/mol. The van der Waals surface area contributed by atoms with Gasteiger partial charge in [-0.2, -0.15) is 0 Å². The number of nitrogens with zero attached hydrogens (tertiary/aromatic N) is 1. The van der Waals surface area contributed by atoms with Crippen LogP contribution in [0, 0.1) is 5.92 Å². The van der Waals surface area contributed by atoms with Crippen LogP contribution in [-0.2, 0) is 6.42 Å². The number of halogens is 4. The molecule has 0 bridgehead atoms. The third-order valence-corrected chi connectivity index (χ3v) is 3.28. The molecule has 0 amide bonds. The van der Waals surface area contributed by atoms with E-state index in [1.807, 2.05) is 27.7 Å². The topological polar surface area (TPSA) is 65.9 Å². The average molecular weight is 503 g/mol. The molecule has 1 rings (SSSR count). The normalized spacial score (nSPS) is 13.6. The molecule has 27 heavy (non-hydrogen) atoms. The molecule has 1 unspecified atom stereocenters. The number of ether oxygens (including phenoxy) is 1. The summed E-state index contributed by atoms with van der Waals surface area (Å²) >= 11 is 0. The van der Waals surface area contributed by atoms with E-state index in [1.165, 1.54) is 12.1 Å². The van der Waals surface area contributed by atoms with Crippen molar-refractivity contribution in [3.8, 4) is 5.75 Å². The molecular formula is C18H29F3IN3O2. The second-order valence-electron chi connectivity index (χ2n) is 7.04. The van der Waals surface area contributed by atoms with Crippen molar-refractivity contribution in [2.24, 2.45) is 10.9 Å². The molecule has 1 aromatic rings. The molecule has 0 aliphatic heterocycles. The Balaban J connectivity index is 0.00000676. The third-order valence-electron chi connectivity index (χ3n) is 3.28. The quantitative estimate of drug-likeness (QED) is 0.302. The van der Waals surface area contributed by atoms with E-state index in [0.717, 1.165) is 5.56 Å². The highest BCUT2D eigenvalue weighted by atomic mass is 127. The van der Waals surface area contributed by atoms with Crippen molar-refractivity contribution in [3.05, 3.63) is 29.8 Å². The number of guanidine groups is 1. The molecule has 0 aliphatic rings. The highest BCUT2D eigenvalue weighted by Gasteiger charge is 2.30. The summed E-state index contributed by atoms with van der Waals surface area (Å²) in [6.07, 6.45) is -4.20. The summed E-state index contributed by atoms with van der Waals surface area (Å²) in [5.74, 6) is 0.260. The predicted octanol–water partition coefficient (Wildman–Crippen LogP) is 3.71.